The highest BCUT2D eigenvalue weighted by atomic mass is 15.3. The van der Waals surface area contributed by atoms with Crippen molar-refractivity contribution in [3.05, 3.63) is 12.2 Å². The van der Waals surface area contributed by atoms with Crippen molar-refractivity contribution in [2.75, 3.05) is 6.54 Å². The molecule has 1 N–H and O–H groups in total. The molecule has 0 fully saturated rings. The summed E-state index contributed by atoms with van der Waals surface area (Å²) in [5.41, 5.74) is 0. The van der Waals surface area contributed by atoms with E-state index >= 15 is 0 Å². The van der Waals surface area contributed by atoms with Gasteiger partial charge in [-0.15, -0.1) is 0 Å². The molecule has 1 rings (SSSR count). The summed E-state index contributed by atoms with van der Waals surface area (Å²) in [7, 11) is 1.97. The first-order chi connectivity index (χ1) is 9.27. The molecule has 1 atom stereocenters. The summed E-state index contributed by atoms with van der Waals surface area (Å²) in [6, 6.07) is 0.546. The SMILES string of the molecule is CCCCCCCC(Cc1ncnn1C)NCCC. The third-order valence-corrected chi connectivity index (χ3v) is 3.57. The van der Waals surface area contributed by atoms with Gasteiger partial charge in [-0.05, 0) is 19.4 Å². The molecule has 0 aromatic carbocycles. The summed E-state index contributed by atoms with van der Waals surface area (Å²) in [5, 5.41) is 7.79. The molecule has 0 saturated heterocycles. The predicted molar refractivity (Wildman–Crippen MR) is 80.2 cm³/mol. The molecule has 4 nitrogen and oxygen atoms in total. The number of aromatic nitrogens is 3. The molecule has 1 heterocycles. The normalized spacial score (nSPS) is 12.8. The van der Waals surface area contributed by atoms with Crippen molar-refractivity contribution in [2.24, 2.45) is 7.05 Å². The minimum absolute atomic E-state index is 0.546. The van der Waals surface area contributed by atoms with Crippen LogP contribution in [0.2, 0.25) is 0 Å². The first kappa shape index (κ1) is 16.2. The fraction of sp³-hybridized carbons (Fsp3) is 0.867. The molecule has 0 bridgehead atoms. The molecule has 110 valence electrons. The monoisotopic (exact) mass is 266 g/mol. The highest BCUT2D eigenvalue weighted by Gasteiger charge is 2.11. The van der Waals surface area contributed by atoms with Crippen LogP contribution in [-0.4, -0.2) is 27.4 Å². The van der Waals surface area contributed by atoms with Gasteiger partial charge >= 0.3 is 0 Å². The van der Waals surface area contributed by atoms with Crippen molar-refractivity contribution in [1.29, 1.82) is 0 Å². The first-order valence-corrected chi connectivity index (χ1v) is 7.84. The van der Waals surface area contributed by atoms with Crippen LogP contribution in [-0.2, 0) is 13.5 Å². The van der Waals surface area contributed by atoms with Crippen LogP contribution in [0.25, 0.3) is 0 Å². The zero-order valence-electron chi connectivity index (χ0n) is 12.9. The standard InChI is InChI=1S/C15H30N4/c1-4-6-7-8-9-10-14(16-11-5-2)12-15-17-13-18-19(15)3/h13-14,16H,4-12H2,1-3H3. The number of unbranched alkanes of at least 4 members (excludes halogenated alkanes) is 4. The van der Waals surface area contributed by atoms with E-state index in [1.54, 1.807) is 6.33 Å². The van der Waals surface area contributed by atoms with Gasteiger partial charge in [0.1, 0.15) is 12.2 Å². The van der Waals surface area contributed by atoms with Crippen LogP contribution in [0.4, 0.5) is 0 Å². The molecule has 0 amide bonds. The summed E-state index contributed by atoms with van der Waals surface area (Å²) in [6.07, 6.45) is 11.8. The molecule has 0 saturated carbocycles. The number of aryl methyl sites for hydroxylation is 1. The Balaban J connectivity index is 2.32. The van der Waals surface area contributed by atoms with Gasteiger partial charge in [-0.25, -0.2) is 4.98 Å². The summed E-state index contributed by atoms with van der Waals surface area (Å²) in [4.78, 5) is 4.33. The van der Waals surface area contributed by atoms with Crippen molar-refractivity contribution in [2.45, 2.75) is 71.3 Å². The van der Waals surface area contributed by atoms with E-state index in [1.807, 2.05) is 11.7 Å². The van der Waals surface area contributed by atoms with Crippen molar-refractivity contribution in [3.63, 3.8) is 0 Å². The Hall–Kier alpha value is -0.900. The van der Waals surface area contributed by atoms with Crippen molar-refractivity contribution >= 4 is 0 Å². The average Bonchev–Trinajstić information content (AvgIpc) is 2.81. The predicted octanol–water partition coefficient (Wildman–Crippen LogP) is 3.09. The van der Waals surface area contributed by atoms with Gasteiger partial charge in [0.15, 0.2) is 0 Å². The number of hydrogen-bond acceptors (Lipinski definition) is 3. The lowest BCUT2D eigenvalue weighted by molar-refractivity contribution is 0.439. The van der Waals surface area contributed by atoms with Crippen LogP contribution >= 0.6 is 0 Å². The van der Waals surface area contributed by atoms with Crippen molar-refractivity contribution < 1.29 is 0 Å². The van der Waals surface area contributed by atoms with E-state index in [4.69, 9.17) is 0 Å². The van der Waals surface area contributed by atoms with E-state index in [-0.39, 0.29) is 0 Å². The Kier molecular flexibility index (Phi) is 8.47. The van der Waals surface area contributed by atoms with E-state index < -0.39 is 0 Å². The number of nitrogens with one attached hydrogen (secondary N) is 1. The third kappa shape index (κ3) is 6.71. The summed E-state index contributed by atoms with van der Waals surface area (Å²) in [5.74, 6) is 1.09. The average molecular weight is 266 g/mol. The molecule has 0 aliphatic heterocycles. The van der Waals surface area contributed by atoms with Crippen LogP contribution in [0.1, 0.15) is 64.6 Å². The highest BCUT2D eigenvalue weighted by molar-refractivity contribution is 4.89. The second-order valence-corrected chi connectivity index (χ2v) is 5.36. The molecule has 1 aromatic heterocycles. The lowest BCUT2D eigenvalue weighted by atomic mass is 10.0. The molecular weight excluding hydrogens is 236 g/mol. The maximum atomic E-state index is 4.33. The maximum absolute atomic E-state index is 4.33. The molecule has 19 heavy (non-hydrogen) atoms. The van der Waals surface area contributed by atoms with Crippen molar-refractivity contribution in [3.8, 4) is 0 Å². The molecule has 4 heteroatoms. The minimum Gasteiger partial charge on any atom is -0.314 e. The Morgan fingerprint density at radius 3 is 2.58 bits per heavy atom. The molecule has 0 aliphatic rings. The van der Waals surface area contributed by atoms with Gasteiger partial charge in [-0.2, -0.15) is 5.10 Å². The quantitative estimate of drug-likeness (QED) is 0.626. The third-order valence-electron chi connectivity index (χ3n) is 3.57. The highest BCUT2D eigenvalue weighted by Crippen LogP contribution is 2.10. The lowest BCUT2D eigenvalue weighted by Crippen LogP contribution is -2.32. The van der Waals surface area contributed by atoms with E-state index in [1.165, 1.54) is 44.9 Å². The van der Waals surface area contributed by atoms with Crippen LogP contribution in [0, 0.1) is 0 Å². The first-order valence-electron chi connectivity index (χ1n) is 7.84. The zero-order valence-corrected chi connectivity index (χ0v) is 12.9. The Morgan fingerprint density at radius 2 is 1.95 bits per heavy atom. The molecule has 1 aromatic rings. The van der Waals surface area contributed by atoms with Gasteiger partial charge in [-0.3, -0.25) is 4.68 Å². The van der Waals surface area contributed by atoms with Gasteiger partial charge < -0.3 is 5.32 Å². The maximum Gasteiger partial charge on any atom is 0.138 e. The van der Waals surface area contributed by atoms with Crippen molar-refractivity contribution in [1.82, 2.24) is 20.1 Å². The number of nitrogens with zero attached hydrogens (tertiary/aromatic N) is 3. The summed E-state index contributed by atoms with van der Waals surface area (Å²) >= 11 is 0. The zero-order chi connectivity index (χ0) is 13.9. The molecule has 0 spiro atoms. The smallest absolute Gasteiger partial charge is 0.138 e. The van der Waals surface area contributed by atoms with E-state index in [0.717, 1.165) is 18.8 Å². The van der Waals surface area contributed by atoms with E-state index in [0.29, 0.717) is 6.04 Å². The fourth-order valence-corrected chi connectivity index (χ4v) is 2.34. The van der Waals surface area contributed by atoms with Crippen LogP contribution in [0.3, 0.4) is 0 Å². The van der Waals surface area contributed by atoms with E-state index in [9.17, 15) is 0 Å². The minimum atomic E-state index is 0.546. The summed E-state index contributed by atoms with van der Waals surface area (Å²) < 4.78 is 1.89. The number of rotatable bonds is 11. The van der Waals surface area contributed by atoms with Gasteiger partial charge in [0.2, 0.25) is 0 Å². The second-order valence-electron chi connectivity index (χ2n) is 5.36. The molecule has 1 unspecified atom stereocenters. The fourth-order valence-electron chi connectivity index (χ4n) is 2.34. The van der Waals surface area contributed by atoms with Crippen LogP contribution < -0.4 is 5.32 Å². The summed E-state index contributed by atoms with van der Waals surface area (Å²) in [6.45, 7) is 5.57. The van der Waals surface area contributed by atoms with E-state index in [2.05, 4.69) is 29.2 Å². The van der Waals surface area contributed by atoms with Gasteiger partial charge in [0, 0.05) is 19.5 Å². The van der Waals surface area contributed by atoms with Gasteiger partial charge in [0.25, 0.3) is 0 Å². The van der Waals surface area contributed by atoms with Crippen LogP contribution in [0.15, 0.2) is 6.33 Å². The molecule has 0 aliphatic carbocycles. The number of hydrogen-bond donors (Lipinski definition) is 1. The largest absolute Gasteiger partial charge is 0.314 e. The second kappa shape index (κ2) is 9.96. The lowest BCUT2D eigenvalue weighted by Gasteiger charge is -2.18. The Bertz CT molecular complexity index is 322. The Labute approximate surface area is 118 Å². The van der Waals surface area contributed by atoms with Gasteiger partial charge in [0.05, 0.1) is 0 Å². The topological polar surface area (TPSA) is 42.7 Å². The van der Waals surface area contributed by atoms with Gasteiger partial charge in [-0.1, -0.05) is 46.0 Å². The molecular formula is C15H30N4. The van der Waals surface area contributed by atoms with Crippen LogP contribution in [0.5, 0.6) is 0 Å². The molecule has 0 radical (unpaired) electrons. The Morgan fingerprint density at radius 1 is 1.16 bits per heavy atom.